The maximum atomic E-state index is 13.4. The number of hydrogen-bond donors (Lipinski definition) is 0. The lowest BCUT2D eigenvalue weighted by molar-refractivity contribution is -0.0521. The normalized spacial score (nSPS) is 10.8. The van der Waals surface area contributed by atoms with Gasteiger partial charge in [-0.25, -0.2) is 13.2 Å². The van der Waals surface area contributed by atoms with E-state index in [0.29, 0.717) is 5.56 Å². The average Bonchev–Trinajstić information content (AvgIpc) is 2.48. The molecule has 0 aliphatic rings. The van der Waals surface area contributed by atoms with Crippen LogP contribution in [0, 0.1) is 5.82 Å². The zero-order valence-corrected chi connectivity index (χ0v) is 12.9. The van der Waals surface area contributed by atoms with Gasteiger partial charge in [-0.2, -0.15) is 8.78 Å². The molecule has 0 bridgehead atoms. The van der Waals surface area contributed by atoms with E-state index in [1.54, 1.807) is 0 Å². The Kier molecular flexibility index (Phi) is 7.02. The third-order valence-electron chi connectivity index (χ3n) is 2.83. The number of halogens is 7. The predicted octanol–water partition coefficient (Wildman–Crippen LogP) is 5.59. The molecule has 0 saturated heterocycles. The molecule has 1 aromatic heterocycles. The summed E-state index contributed by atoms with van der Waals surface area (Å²) < 4.78 is 67.3. The molecule has 0 amide bonds. The number of rotatable bonds is 5. The summed E-state index contributed by atoms with van der Waals surface area (Å²) in [5, 5.41) is 0. The van der Waals surface area contributed by atoms with Crippen molar-refractivity contribution in [2.24, 2.45) is 0 Å². The monoisotopic (exact) mass is 373 g/mol. The number of hydrogen-bond acceptors (Lipinski definition) is 2. The highest BCUT2D eigenvalue weighted by molar-refractivity contribution is 6.17. The molecule has 126 valence electrons. The van der Waals surface area contributed by atoms with Crippen LogP contribution in [0.5, 0.6) is 5.75 Å². The van der Waals surface area contributed by atoms with Crippen molar-refractivity contribution < 1.29 is 26.7 Å². The van der Waals surface area contributed by atoms with E-state index in [-0.39, 0.29) is 29.4 Å². The van der Waals surface area contributed by atoms with Crippen molar-refractivity contribution in [1.82, 2.24) is 4.98 Å². The van der Waals surface area contributed by atoms with Gasteiger partial charge in [-0.15, -0.1) is 24.0 Å². The molecule has 0 aliphatic heterocycles. The first kappa shape index (κ1) is 19.4. The summed E-state index contributed by atoms with van der Waals surface area (Å²) in [6.45, 7) is -3.18. The van der Waals surface area contributed by atoms with E-state index in [1.165, 1.54) is 12.1 Å². The van der Waals surface area contributed by atoms with Gasteiger partial charge in [0.2, 0.25) is 0 Å². The maximum Gasteiger partial charge on any atom is 0.387 e. The van der Waals surface area contributed by atoms with E-state index in [0.717, 1.165) is 18.3 Å². The van der Waals surface area contributed by atoms with Crippen LogP contribution in [0.25, 0.3) is 11.1 Å². The highest BCUT2D eigenvalue weighted by Gasteiger charge is 2.16. The minimum Gasteiger partial charge on any atom is -0.432 e. The smallest absolute Gasteiger partial charge is 0.387 e. The largest absolute Gasteiger partial charge is 0.432 e. The Labute approximate surface area is 139 Å². The van der Waals surface area contributed by atoms with Crippen molar-refractivity contribution in [2.45, 2.75) is 18.9 Å². The Morgan fingerprint density at radius 3 is 2.35 bits per heavy atom. The summed E-state index contributed by atoms with van der Waals surface area (Å²) >= 11 is 5.60. The van der Waals surface area contributed by atoms with Gasteiger partial charge in [-0.3, -0.25) is 4.98 Å². The topological polar surface area (TPSA) is 22.1 Å². The molecule has 2 nitrogen and oxygen atoms in total. The Morgan fingerprint density at radius 2 is 1.78 bits per heavy atom. The second-order valence-corrected chi connectivity index (χ2v) is 4.49. The molecule has 23 heavy (non-hydrogen) atoms. The van der Waals surface area contributed by atoms with Gasteiger partial charge in [0.05, 0.1) is 0 Å². The number of aromatic nitrogens is 1. The third kappa shape index (κ3) is 4.68. The van der Waals surface area contributed by atoms with Gasteiger partial charge in [0, 0.05) is 17.6 Å². The zero-order chi connectivity index (χ0) is 16.3. The molecular formula is C14H10Cl2F5NO. The molecule has 0 N–H and O–H groups in total. The van der Waals surface area contributed by atoms with Gasteiger partial charge in [0.15, 0.2) is 11.6 Å². The van der Waals surface area contributed by atoms with Crippen LogP contribution in [0.3, 0.4) is 0 Å². The fourth-order valence-corrected chi connectivity index (χ4v) is 2.07. The van der Waals surface area contributed by atoms with E-state index in [9.17, 15) is 22.0 Å². The van der Waals surface area contributed by atoms with Gasteiger partial charge in [0.25, 0.3) is 6.43 Å². The number of pyridine rings is 1. The summed E-state index contributed by atoms with van der Waals surface area (Å²) in [4.78, 5) is 3.62. The fraction of sp³-hybridized carbons (Fsp3) is 0.214. The van der Waals surface area contributed by atoms with Crippen LogP contribution < -0.4 is 4.74 Å². The lowest BCUT2D eigenvalue weighted by Crippen LogP contribution is -2.04. The van der Waals surface area contributed by atoms with Crippen molar-refractivity contribution in [2.75, 3.05) is 0 Å². The average molecular weight is 374 g/mol. The van der Waals surface area contributed by atoms with Gasteiger partial charge in [-0.1, -0.05) is 6.07 Å². The van der Waals surface area contributed by atoms with Gasteiger partial charge < -0.3 is 4.74 Å². The minimum absolute atomic E-state index is 0. The molecule has 0 unspecified atom stereocenters. The van der Waals surface area contributed by atoms with E-state index < -0.39 is 30.3 Å². The number of benzene rings is 1. The second-order valence-electron chi connectivity index (χ2n) is 4.23. The van der Waals surface area contributed by atoms with Crippen LogP contribution in [-0.4, -0.2) is 11.6 Å². The van der Waals surface area contributed by atoms with Gasteiger partial charge in [0.1, 0.15) is 5.69 Å². The van der Waals surface area contributed by atoms with E-state index in [2.05, 4.69) is 9.72 Å². The SMILES string of the molecule is Cl.Fc1ccc(-c2cnc(C(F)F)c(CCl)c2)cc1OC(F)F. The fourth-order valence-electron chi connectivity index (χ4n) is 1.85. The molecule has 9 heteroatoms. The van der Waals surface area contributed by atoms with Gasteiger partial charge >= 0.3 is 6.61 Å². The summed E-state index contributed by atoms with van der Waals surface area (Å²) in [5.74, 6) is -1.79. The van der Waals surface area contributed by atoms with Crippen molar-refractivity contribution in [3.05, 3.63) is 47.5 Å². The first-order valence-electron chi connectivity index (χ1n) is 6.00. The number of alkyl halides is 5. The quantitative estimate of drug-likeness (QED) is 0.503. The lowest BCUT2D eigenvalue weighted by Gasteiger charge is -2.10. The molecule has 0 spiro atoms. The van der Waals surface area contributed by atoms with Crippen molar-refractivity contribution in [1.29, 1.82) is 0 Å². The van der Waals surface area contributed by atoms with Crippen molar-refractivity contribution >= 4 is 24.0 Å². The molecule has 2 aromatic rings. The first-order valence-corrected chi connectivity index (χ1v) is 6.53. The van der Waals surface area contributed by atoms with E-state index >= 15 is 0 Å². The van der Waals surface area contributed by atoms with Crippen LogP contribution in [0.15, 0.2) is 30.5 Å². The van der Waals surface area contributed by atoms with Crippen LogP contribution in [0.4, 0.5) is 22.0 Å². The maximum absolute atomic E-state index is 13.4. The van der Waals surface area contributed by atoms with Gasteiger partial charge in [-0.05, 0) is 29.3 Å². The third-order valence-corrected chi connectivity index (χ3v) is 3.12. The summed E-state index contributed by atoms with van der Waals surface area (Å²) in [5.41, 5.74) is 0.274. The second kappa shape index (κ2) is 8.31. The summed E-state index contributed by atoms with van der Waals surface area (Å²) in [6, 6.07) is 4.62. The molecule has 0 aliphatic carbocycles. The lowest BCUT2D eigenvalue weighted by atomic mass is 10.0. The summed E-state index contributed by atoms with van der Waals surface area (Å²) in [6.07, 6.45) is -1.65. The number of ether oxygens (including phenoxy) is 1. The van der Waals surface area contributed by atoms with E-state index in [1.807, 2.05) is 0 Å². The first-order chi connectivity index (χ1) is 10.4. The molecule has 0 atom stereocenters. The predicted molar refractivity (Wildman–Crippen MR) is 78.0 cm³/mol. The molecule has 2 rings (SSSR count). The molecule has 0 fully saturated rings. The van der Waals surface area contributed by atoms with Crippen molar-refractivity contribution in [3.63, 3.8) is 0 Å². The van der Waals surface area contributed by atoms with E-state index in [4.69, 9.17) is 11.6 Å². The van der Waals surface area contributed by atoms with Crippen LogP contribution in [0.1, 0.15) is 17.7 Å². The molecule has 0 radical (unpaired) electrons. The Bertz CT molecular complexity index is 670. The van der Waals surface area contributed by atoms with Crippen LogP contribution in [0.2, 0.25) is 0 Å². The Hall–Kier alpha value is -1.60. The van der Waals surface area contributed by atoms with Crippen LogP contribution in [-0.2, 0) is 5.88 Å². The zero-order valence-electron chi connectivity index (χ0n) is 11.3. The Balaban J connectivity index is 0.00000264. The molecule has 0 saturated carbocycles. The molecule has 1 heterocycles. The molecule has 1 aromatic carbocycles. The highest BCUT2D eigenvalue weighted by Crippen LogP contribution is 2.30. The summed E-state index contributed by atoms with van der Waals surface area (Å²) in [7, 11) is 0. The molecular weight excluding hydrogens is 364 g/mol. The Morgan fingerprint density at radius 1 is 1.09 bits per heavy atom. The minimum atomic E-state index is -3.18. The van der Waals surface area contributed by atoms with Crippen molar-refractivity contribution in [3.8, 4) is 16.9 Å². The van der Waals surface area contributed by atoms with Crippen LogP contribution >= 0.6 is 24.0 Å². The highest BCUT2D eigenvalue weighted by atomic mass is 35.5. The number of nitrogens with zero attached hydrogens (tertiary/aromatic N) is 1. The standard InChI is InChI=1S/C14H9ClF5NO.ClH/c15-5-8-3-9(6-21-12(8)13(17)18)7-1-2-10(16)11(4-7)22-14(19)20;/h1-4,6,13-14H,5H2;1H.